The van der Waals surface area contributed by atoms with Gasteiger partial charge in [0.2, 0.25) is 0 Å². The van der Waals surface area contributed by atoms with Crippen molar-refractivity contribution in [3.63, 3.8) is 0 Å². The third-order valence-electron chi connectivity index (χ3n) is 3.06. The van der Waals surface area contributed by atoms with E-state index < -0.39 is 0 Å². The zero-order valence-electron chi connectivity index (χ0n) is 12.6. The van der Waals surface area contributed by atoms with Gasteiger partial charge in [-0.25, -0.2) is 0 Å². The molecule has 0 aliphatic heterocycles. The van der Waals surface area contributed by atoms with Crippen LogP contribution < -0.4 is 10.6 Å². The van der Waals surface area contributed by atoms with Gasteiger partial charge >= 0.3 is 0 Å². The number of para-hydroxylation sites is 1. The van der Waals surface area contributed by atoms with E-state index in [0.29, 0.717) is 13.2 Å². The van der Waals surface area contributed by atoms with Crippen LogP contribution in [0.5, 0.6) is 0 Å². The minimum Gasteiger partial charge on any atom is -0.383 e. The standard InChI is InChI=1S/C15H22N4O.HI/c1-11(10-20-3)18-15(16-2)17-9-13-8-12-6-4-5-7-14(12)19-13;/h4-8,11,19H,9-10H2,1-3H3,(H2,16,17,18);1H. The van der Waals surface area contributed by atoms with Gasteiger partial charge in [0.25, 0.3) is 0 Å². The first kappa shape index (κ1) is 17.8. The highest BCUT2D eigenvalue weighted by Crippen LogP contribution is 2.14. The van der Waals surface area contributed by atoms with Crippen LogP contribution in [-0.4, -0.2) is 37.7 Å². The Morgan fingerprint density at radius 3 is 2.81 bits per heavy atom. The van der Waals surface area contributed by atoms with Crippen molar-refractivity contribution in [1.82, 2.24) is 15.6 Å². The fourth-order valence-corrected chi connectivity index (χ4v) is 2.13. The van der Waals surface area contributed by atoms with Crippen LogP contribution in [0.2, 0.25) is 0 Å². The van der Waals surface area contributed by atoms with Crippen LogP contribution in [0.15, 0.2) is 35.3 Å². The molecule has 1 aromatic carbocycles. The van der Waals surface area contributed by atoms with Crippen molar-refractivity contribution in [2.45, 2.75) is 19.5 Å². The van der Waals surface area contributed by atoms with Gasteiger partial charge in [0.1, 0.15) is 0 Å². The Hall–Kier alpha value is -1.28. The number of fused-ring (bicyclic) bond motifs is 1. The second-order valence-corrected chi connectivity index (χ2v) is 4.81. The highest BCUT2D eigenvalue weighted by Gasteiger charge is 2.05. The van der Waals surface area contributed by atoms with Crippen molar-refractivity contribution >= 4 is 40.8 Å². The maximum atomic E-state index is 5.10. The molecule has 5 nitrogen and oxygen atoms in total. The predicted molar refractivity (Wildman–Crippen MR) is 98.4 cm³/mol. The van der Waals surface area contributed by atoms with Crippen LogP contribution in [0.1, 0.15) is 12.6 Å². The van der Waals surface area contributed by atoms with Gasteiger partial charge in [0.05, 0.1) is 13.2 Å². The Morgan fingerprint density at radius 2 is 2.14 bits per heavy atom. The first-order valence-electron chi connectivity index (χ1n) is 6.75. The molecule has 1 aromatic heterocycles. The number of aromatic nitrogens is 1. The van der Waals surface area contributed by atoms with Gasteiger partial charge in [-0.15, -0.1) is 24.0 Å². The number of halogens is 1. The third kappa shape index (κ3) is 5.20. The highest BCUT2D eigenvalue weighted by molar-refractivity contribution is 14.0. The number of aliphatic imine (C=N–C) groups is 1. The number of H-pyrrole nitrogens is 1. The highest BCUT2D eigenvalue weighted by atomic mass is 127. The minimum atomic E-state index is 0. The van der Waals surface area contributed by atoms with Crippen LogP contribution in [0, 0.1) is 0 Å². The summed E-state index contributed by atoms with van der Waals surface area (Å²) >= 11 is 0. The van der Waals surface area contributed by atoms with E-state index in [-0.39, 0.29) is 30.0 Å². The minimum absolute atomic E-state index is 0. The van der Waals surface area contributed by atoms with Crippen LogP contribution in [0.25, 0.3) is 10.9 Å². The lowest BCUT2D eigenvalue weighted by Crippen LogP contribution is -2.43. The summed E-state index contributed by atoms with van der Waals surface area (Å²) in [7, 11) is 3.46. The molecule has 2 rings (SSSR count). The number of guanidine groups is 1. The van der Waals surface area contributed by atoms with Gasteiger partial charge in [-0.1, -0.05) is 18.2 Å². The largest absolute Gasteiger partial charge is 0.383 e. The predicted octanol–water partition coefficient (Wildman–Crippen LogP) is 2.49. The zero-order chi connectivity index (χ0) is 14.4. The Bertz CT molecular complexity index is 549. The fourth-order valence-electron chi connectivity index (χ4n) is 2.13. The first-order valence-corrected chi connectivity index (χ1v) is 6.75. The van der Waals surface area contributed by atoms with Crippen LogP contribution >= 0.6 is 24.0 Å². The fraction of sp³-hybridized carbons (Fsp3) is 0.400. The average molecular weight is 402 g/mol. The normalized spacial score (nSPS) is 12.8. The zero-order valence-corrected chi connectivity index (χ0v) is 15.0. The number of benzene rings is 1. The van der Waals surface area contributed by atoms with Crippen molar-refractivity contribution in [2.75, 3.05) is 20.8 Å². The molecule has 0 aliphatic carbocycles. The summed E-state index contributed by atoms with van der Waals surface area (Å²) in [5.41, 5.74) is 2.29. The van der Waals surface area contributed by atoms with Gasteiger partial charge in [0.15, 0.2) is 5.96 Å². The smallest absolute Gasteiger partial charge is 0.191 e. The summed E-state index contributed by atoms with van der Waals surface area (Å²) in [4.78, 5) is 7.59. The molecule has 0 aliphatic rings. The van der Waals surface area contributed by atoms with Crippen LogP contribution in [0.3, 0.4) is 0 Å². The van der Waals surface area contributed by atoms with Gasteiger partial charge < -0.3 is 20.4 Å². The number of ether oxygens (including phenoxy) is 1. The Balaban J connectivity index is 0.00000220. The molecule has 0 fully saturated rings. The van der Waals surface area contributed by atoms with E-state index in [9.17, 15) is 0 Å². The van der Waals surface area contributed by atoms with Gasteiger partial charge in [-0.2, -0.15) is 0 Å². The number of hydrogen-bond acceptors (Lipinski definition) is 2. The van der Waals surface area contributed by atoms with E-state index in [0.717, 1.165) is 17.2 Å². The number of hydrogen-bond donors (Lipinski definition) is 3. The Morgan fingerprint density at radius 1 is 1.38 bits per heavy atom. The van der Waals surface area contributed by atoms with E-state index in [1.54, 1.807) is 14.2 Å². The molecular weight excluding hydrogens is 379 g/mol. The molecule has 1 heterocycles. The van der Waals surface area contributed by atoms with E-state index in [1.165, 1.54) is 5.39 Å². The molecule has 3 N–H and O–H groups in total. The topological polar surface area (TPSA) is 61.4 Å². The average Bonchev–Trinajstić information content (AvgIpc) is 2.86. The second-order valence-electron chi connectivity index (χ2n) is 4.81. The van der Waals surface area contributed by atoms with Crippen molar-refractivity contribution < 1.29 is 4.74 Å². The molecule has 0 radical (unpaired) electrons. The molecule has 0 spiro atoms. The molecule has 1 unspecified atom stereocenters. The quantitative estimate of drug-likeness (QED) is 0.409. The molecule has 21 heavy (non-hydrogen) atoms. The van der Waals surface area contributed by atoms with E-state index >= 15 is 0 Å². The molecule has 2 aromatic rings. The molecule has 0 saturated heterocycles. The molecule has 0 saturated carbocycles. The Kier molecular flexibility index (Phi) is 7.52. The van der Waals surface area contributed by atoms with Crippen molar-refractivity contribution in [3.8, 4) is 0 Å². The summed E-state index contributed by atoms with van der Waals surface area (Å²) in [5.74, 6) is 0.771. The van der Waals surface area contributed by atoms with Crippen LogP contribution in [0.4, 0.5) is 0 Å². The maximum absolute atomic E-state index is 5.10. The lowest BCUT2D eigenvalue weighted by molar-refractivity contribution is 0.179. The molecule has 0 amide bonds. The summed E-state index contributed by atoms with van der Waals surface area (Å²) in [6, 6.07) is 10.6. The summed E-state index contributed by atoms with van der Waals surface area (Å²) in [5, 5.41) is 7.78. The van der Waals surface area contributed by atoms with Crippen molar-refractivity contribution in [3.05, 3.63) is 36.0 Å². The van der Waals surface area contributed by atoms with Crippen LogP contribution in [-0.2, 0) is 11.3 Å². The van der Waals surface area contributed by atoms with Gasteiger partial charge in [-0.05, 0) is 24.4 Å². The number of nitrogens with one attached hydrogen (secondary N) is 3. The molecule has 116 valence electrons. The molecule has 1 atom stereocenters. The summed E-state index contributed by atoms with van der Waals surface area (Å²) in [6.45, 7) is 3.40. The van der Waals surface area contributed by atoms with Crippen molar-refractivity contribution in [2.24, 2.45) is 4.99 Å². The number of nitrogens with zero attached hydrogens (tertiary/aromatic N) is 1. The first-order chi connectivity index (χ1) is 9.72. The maximum Gasteiger partial charge on any atom is 0.191 e. The molecule has 0 bridgehead atoms. The number of rotatable bonds is 5. The van der Waals surface area contributed by atoms with Crippen molar-refractivity contribution in [1.29, 1.82) is 0 Å². The van der Waals surface area contributed by atoms with E-state index in [4.69, 9.17) is 4.74 Å². The van der Waals surface area contributed by atoms with E-state index in [2.05, 4.69) is 45.7 Å². The summed E-state index contributed by atoms with van der Waals surface area (Å²) in [6.07, 6.45) is 0. The van der Waals surface area contributed by atoms with E-state index in [1.807, 2.05) is 12.1 Å². The molecular formula is C15H23IN4O. The summed E-state index contributed by atoms with van der Waals surface area (Å²) < 4.78 is 5.10. The third-order valence-corrected chi connectivity index (χ3v) is 3.06. The SMILES string of the molecule is CN=C(NCc1cc2ccccc2[nH]1)NC(C)COC.I. The molecule has 6 heteroatoms. The second kappa shape index (κ2) is 8.89. The Labute approximate surface area is 142 Å². The monoisotopic (exact) mass is 402 g/mol. The number of aromatic amines is 1. The van der Waals surface area contributed by atoms with Gasteiger partial charge in [0, 0.05) is 31.4 Å². The lowest BCUT2D eigenvalue weighted by Gasteiger charge is -2.16. The number of methoxy groups -OCH3 is 1. The lowest BCUT2D eigenvalue weighted by atomic mass is 10.2. The van der Waals surface area contributed by atoms with Gasteiger partial charge in [-0.3, -0.25) is 4.99 Å².